The van der Waals surface area contributed by atoms with Crippen LogP contribution in [-0.2, 0) is 24.3 Å². The summed E-state index contributed by atoms with van der Waals surface area (Å²) < 4.78 is 18.7. The van der Waals surface area contributed by atoms with Gasteiger partial charge in [0.15, 0.2) is 11.5 Å². The predicted molar refractivity (Wildman–Crippen MR) is 111 cm³/mol. The van der Waals surface area contributed by atoms with Crippen molar-refractivity contribution in [2.75, 3.05) is 14.2 Å². The Kier molecular flexibility index (Phi) is 5.61. The SMILES string of the molecule is CCCc1nn2c(=O)n(CC(=O)NCc3ccco3)c3cc(OC)c(OC)cc3c2[nH+]1. The number of hydrogen-bond acceptors (Lipinski definition) is 6. The number of nitrogens with zero attached hydrogens (tertiary/aromatic N) is 3. The summed E-state index contributed by atoms with van der Waals surface area (Å²) in [6, 6.07) is 6.97. The van der Waals surface area contributed by atoms with Crippen molar-refractivity contribution in [1.82, 2.24) is 19.5 Å². The standard InChI is InChI=1S/C21H23N5O5/c1-4-6-18-23-20-14-9-16(29-2)17(30-3)10-15(14)25(21(28)26(20)24-18)12-19(27)22-11-13-7-5-8-31-13/h5,7-10H,4,6,11-12H2,1-3H3,(H,22,27)/p+1. The average Bonchev–Trinajstić information content (AvgIpc) is 3.44. The normalized spacial score (nSPS) is 11.2. The molecule has 10 nitrogen and oxygen atoms in total. The summed E-state index contributed by atoms with van der Waals surface area (Å²) in [4.78, 5) is 29.1. The van der Waals surface area contributed by atoms with Gasteiger partial charge in [-0.25, -0.2) is 9.78 Å². The third-order valence-electron chi connectivity index (χ3n) is 4.98. The summed E-state index contributed by atoms with van der Waals surface area (Å²) in [5.74, 6) is 1.95. The van der Waals surface area contributed by atoms with Crippen LogP contribution in [0.25, 0.3) is 16.6 Å². The summed E-state index contributed by atoms with van der Waals surface area (Å²) in [5.41, 5.74) is 0.639. The van der Waals surface area contributed by atoms with E-state index in [-0.39, 0.29) is 19.0 Å². The maximum Gasteiger partial charge on any atom is 0.424 e. The van der Waals surface area contributed by atoms with Crippen molar-refractivity contribution in [2.45, 2.75) is 32.9 Å². The average molecular weight is 426 g/mol. The van der Waals surface area contributed by atoms with E-state index in [2.05, 4.69) is 15.4 Å². The lowest BCUT2D eigenvalue weighted by Gasteiger charge is -2.12. The molecule has 4 aromatic rings. The lowest BCUT2D eigenvalue weighted by atomic mass is 10.2. The van der Waals surface area contributed by atoms with Crippen LogP contribution in [0.5, 0.6) is 11.5 Å². The molecule has 4 rings (SSSR count). The molecule has 2 N–H and O–H groups in total. The zero-order chi connectivity index (χ0) is 22.0. The fraction of sp³-hybridized carbons (Fsp3) is 0.333. The van der Waals surface area contributed by atoms with E-state index in [1.165, 1.54) is 22.5 Å². The maximum atomic E-state index is 13.3. The van der Waals surface area contributed by atoms with E-state index in [9.17, 15) is 9.59 Å². The topological polar surface area (TPSA) is 114 Å². The molecule has 1 amide bonds. The van der Waals surface area contributed by atoms with Crippen molar-refractivity contribution < 1.29 is 23.7 Å². The zero-order valence-electron chi connectivity index (χ0n) is 17.6. The number of aryl methyl sites for hydroxylation is 1. The van der Waals surface area contributed by atoms with Gasteiger partial charge < -0.3 is 19.2 Å². The van der Waals surface area contributed by atoms with Gasteiger partial charge in [0.25, 0.3) is 11.5 Å². The summed E-state index contributed by atoms with van der Waals surface area (Å²) >= 11 is 0. The minimum absolute atomic E-state index is 0.190. The summed E-state index contributed by atoms with van der Waals surface area (Å²) in [6.45, 7) is 2.07. The number of furan rings is 1. The van der Waals surface area contributed by atoms with Crippen LogP contribution in [0.4, 0.5) is 0 Å². The molecule has 31 heavy (non-hydrogen) atoms. The molecule has 0 bridgehead atoms. The van der Waals surface area contributed by atoms with Crippen LogP contribution >= 0.6 is 0 Å². The number of benzene rings is 1. The smallest absolute Gasteiger partial charge is 0.424 e. The molecule has 3 aromatic heterocycles. The van der Waals surface area contributed by atoms with Gasteiger partial charge in [-0.1, -0.05) is 6.92 Å². The quantitative estimate of drug-likeness (QED) is 0.455. The first-order chi connectivity index (χ1) is 15.0. The number of carbonyl (C=O) groups excluding carboxylic acids is 1. The van der Waals surface area contributed by atoms with Gasteiger partial charge >= 0.3 is 5.69 Å². The fourth-order valence-corrected chi connectivity index (χ4v) is 3.50. The predicted octanol–water partition coefficient (Wildman–Crippen LogP) is 1.34. The first kappa shape index (κ1) is 20.5. The molecule has 10 heteroatoms. The van der Waals surface area contributed by atoms with Crippen molar-refractivity contribution >= 4 is 22.5 Å². The van der Waals surface area contributed by atoms with Crippen molar-refractivity contribution in [2.24, 2.45) is 0 Å². The Balaban J connectivity index is 1.83. The molecule has 0 aliphatic heterocycles. The van der Waals surface area contributed by atoms with Gasteiger partial charge in [0.05, 0.1) is 43.0 Å². The Morgan fingerprint density at radius 3 is 2.71 bits per heavy atom. The third-order valence-corrected chi connectivity index (χ3v) is 4.98. The number of methoxy groups -OCH3 is 2. The van der Waals surface area contributed by atoms with Gasteiger partial charge in [-0.05, 0) is 23.1 Å². The fourth-order valence-electron chi connectivity index (χ4n) is 3.50. The Morgan fingerprint density at radius 1 is 1.26 bits per heavy atom. The van der Waals surface area contributed by atoms with Crippen LogP contribution in [0.15, 0.2) is 39.7 Å². The van der Waals surface area contributed by atoms with Gasteiger partial charge in [-0.3, -0.25) is 9.36 Å². The Hall–Kier alpha value is -3.82. The first-order valence-electron chi connectivity index (χ1n) is 9.94. The number of carbonyl (C=O) groups is 1. The number of aromatic nitrogens is 4. The summed E-state index contributed by atoms with van der Waals surface area (Å²) in [6.07, 6.45) is 3.10. The van der Waals surface area contributed by atoms with Crippen LogP contribution in [0.1, 0.15) is 24.9 Å². The number of H-pyrrole nitrogens is 1. The summed E-state index contributed by atoms with van der Waals surface area (Å²) in [5, 5.41) is 7.86. The first-order valence-corrected chi connectivity index (χ1v) is 9.94. The molecular weight excluding hydrogens is 402 g/mol. The van der Waals surface area contributed by atoms with E-state index in [0.29, 0.717) is 46.1 Å². The van der Waals surface area contributed by atoms with Crippen molar-refractivity contribution in [3.05, 3.63) is 52.6 Å². The molecule has 0 unspecified atom stereocenters. The van der Waals surface area contributed by atoms with Crippen LogP contribution in [0.2, 0.25) is 0 Å². The Bertz CT molecular complexity index is 1290. The van der Waals surface area contributed by atoms with Gasteiger partial charge in [0.2, 0.25) is 5.91 Å². The number of aromatic amines is 1. The highest BCUT2D eigenvalue weighted by Gasteiger charge is 2.24. The van der Waals surface area contributed by atoms with Crippen LogP contribution in [-0.4, -0.2) is 34.3 Å². The van der Waals surface area contributed by atoms with Crippen molar-refractivity contribution in [3.8, 4) is 11.5 Å². The molecule has 3 heterocycles. The minimum Gasteiger partial charge on any atom is -0.493 e. The molecule has 0 radical (unpaired) electrons. The van der Waals surface area contributed by atoms with E-state index in [0.717, 1.165) is 6.42 Å². The van der Waals surface area contributed by atoms with Crippen LogP contribution in [0, 0.1) is 0 Å². The largest absolute Gasteiger partial charge is 0.493 e. The number of rotatable bonds is 8. The lowest BCUT2D eigenvalue weighted by molar-refractivity contribution is -0.358. The van der Waals surface area contributed by atoms with Crippen molar-refractivity contribution in [3.63, 3.8) is 0 Å². The number of hydrogen-bond donors (Lipinski definition) is 1. The van der Waals surface area contributed by atoms with E-state index in [1.807, 2.05) is 6.92 Å². The second-order valence-corrected chi connectivity index (χ2v) is 7.03. The van der Waals surface area contributed by atoms with Gasteiger partial charge in [0.1, 0.15) is 12.3 Å². The maximum absolute atomic E-state index is 13.3. The van der Waals surface area contributed by atoms with Crippen LogP contribution < -0.4 is 25.5 Å². The second kappa shape index (κ2) is 8.50. The van der Waals surface area contributed by atoms with E-state index in [1.54, 1.807) is 31.4 Å². The molecule has 0 spiro atoms. The van der Waals surface area contributed by atoms with Crippen LogP contribution in [0.3, 0.4) is 0 Å². The molecule has 162 valence electrons. The van der Waals surface area contributed by atoms with E-state index < -0.39 is 5.69 Å². The monoisotopic (exact) mass is 426 g/mol. The Morgan fingerprint density at radius 2 is 2.03 bits per heavy atom. The van der Waals surface area contributed by atoms with Gasteiger partial charge in [-0.15, -0.1) is 0 Å². The van der Waals surface area contributed by atoms with Gasteiger partial charge in [0, 0.05) is 18.6 Å². The third kappa shape index (κ3) is 3.83. The minimum atomic E-state index is -0.429. The highest BCUT2D eigenvalue weighted by Crippen LogP contribution is 2.32. The molecule has 0 atom stereocenters. The van der Waals surface area contributed by atoms with E-state index >= 15 is 0 Å². The van der Waals surface area contributed by atoms with Gasteiger partial charge in [-0.2, -0.15) is 0 Å². The zero-order valence-corrected chi connectivity index (χ0v) is 17.6. The number of ether oxygens (including phenoxy) is 2. The van der Waals surface area contributed by atoms with Crippen molar-refractivity contribution in [1.29, 1.82) is 0 Å². The molecule has 1 aromatic carbocycles. The van der Waals surface area contributed by atoms with E-state index in [4.69, 9.17) is 13.9 Å². The molecule has 0 aliphatic carbocycles. The molecule has 0 saturated carbocycles. The summed E-state index contributed by atoms with van der Waals surface area (Å²) in [7, 11) is 3.06. The highest BCUT2D eigenvalue weighted by molar-refractivity contribution is 5.93. The number of nitrogens with one attached hydrogen (secondary N) is 2. The second-order valence-electron chi connectivity index (χ2n) is 7.03. The lowest BCUT2D eigenvalue weighted by Crippen LogP contribution is -2.35. The number of amides is 1. The molecule has 0 aliphatic rings. The Labute approximate surface area is 177 Å². The highest BCUT2D eigenvalue weighted by atomic mass is 16.5. The molecular formula is C21H24N5O5+. The molecule has 0 fully saturated rings. The molecule has 0 saturated heterocycles. The number of fused-ring (bicyclic) bond motifs is 3.